The fourth-order valence-electron chi connectivity index (χ4n) is 2.86. The molecule has 26 heavy (non-hydrogen) atoms. The van der Waals surface area contributed by atoms with Gasteiger partial charge in [-0.25, -0.2) is 4.39 Å². The number of aromatic hydroxyl groups is 1. The van der Waals surface area contributed by atoms with Crippen LogP contribution in [0.1, 0.15) is 24.0 Å². The highest BCUT2D eigenvalue weighted by molar-refractivity contribution is 5.56. The third kappa shape index (κ3) is 3.34. The Kier molecular flexibility index (Phi) is 5.09. The van der Waals surface area contributed by atoms with Crippen molar-refractivity contribution in [1.29, 1.82) is 5.26 Å². The van der Waals surface area contributed by atoms with Crippen LogP contribution in [0.3, 0.4) is 0 Å². The van der Waals surface area contributed by atoms with Gasteiger partial charge in [-0.3, -0.25) is 9.36 Å². The molecule has 1 saturated heterocycles. The Balaban J connectivity index is 2.08. The minimum absolute atomic E-state index is 0.0245. The minimum atomic E-state index is -0.602. The number of azo groups is 1. The molecular formula is C18H17FN4O3. The van der Waals surface area contributed by atoms with Crippen molar-refractivity contribution >= 4 is 11.4 Å². The van der Waals surface area contributed by atoms with Crippen molar-refractivity contribution in [2.24, 2.45) is 10.2 Å². The standard InChI is InChI=1S/C18H17FN4O3/c1-11-13(9-20)17(24)23(10-12-5-4-8-26-12)18(25)16(11)22-21-15-7-3-2-6-14(15)19/h2-3,6-7,12,24H,4-5,8,10H2,1H3. The zero-order chi connectivity index (χ0) is 18.7. The highest BCUT2D eigenvalue weighted by Crippen LogP contribution is 2.28. The highest BCUT2D eigenvalue weighted by atomic mass is 19.1. The van der Waals surface area contributed by atoms with Crippen LogP contribution in [0.4, 0.5) is 15.8 Å². The maximum absolute atomic E-state index is 13.7. The summed E-state index contributed by atoms with van der Waals surface area (Å²) in [6, 6.07) is 7.64. The molecular weight excluding hydrogens is 339 g/mol. The van der Waals surface area contributed by atoms with Gasteiger partial charge >= 0.3 is 0 Å². The van der Waals surface area contributed by atoms with Crippen molar-refractivity contribution < 1.29 is 14.2 Å². The molecule has 2 heterocycles. The third-order valence-corrected chi connectivity index (χ3v) is 4.29. The van der Waals surface area contributed by atoms with Gasteiger partial charge in [-0.05, 0) is 31.9 Å². The lowest BCUT2D eigenvalue weighted by atomic mass is 10.1. The average Bonchev–Trinajstić information content (AvgIpc) is 3.14. The second-order valence-electron chi connectivity index (χ2n) is 5.99. The lowest BCUT2D eigenvalue weighted by molar-refractivity contribution is 0.0939. The maximum Gasteiger partial charge on any atom is 0.281 e. The molecule has 1 fully saturated rings. The van der Waals surface area contributed by atoms with Crippen molar-refractivity contribution in [3.63, 3.8) is 0 Å². The Hall–Kier alpha value is -3.05. The van der Waals surface area contributed by atoms with Crippen molar-refractivity contribution in [3.05, 3.63) is 51.6 Å². The maximum atomic E-state index is 13.7. The van der Waals surface area contributed by atoms with Crippen LogP contribution in [0.25, 0.3) is 0 Å². The second-order valence-corrected chi connectivity index (χ2v) is 5.99. The molecule has 0 amide bonds. The second kappa shape index (κ2) is 7.45. The largest absolute Gasteiger partial charge is 0.493 e. The first-order chi connectivity index (χ1) is 12.5. The summed E-state index contributed by atoms with van der Waals surface area (Å²) in [5.74, 6) is -0.997. The van der Waals surface area contributed by atoms with Crippen LogP contribution < -0.4 is 5.56 Å². The molecule has 1 aliphatic heterocycles. The summed E-state index contributed by atoms with van der Waals surface area (Å²) < 4.78 is 20.3. The van der Waals surface area contributed by atoms with E-state index in [1.165, 1.54) is 25.1 Å². The van der Waals surface area contributed by atoms with Gasteiger partial charge in [0, 0.05) is 12.2 Å². The smallest absolute Gasteiger partial charge is 0.281 e. The lowest BCUT2D eigenvalue weighted by Gasteiger charge is -2.16. The first-order valence-corrected chi connectivity index (χ1v) is 8.17. The summed E-state index contributed by atoms with van der Waals surface area (Å²) in [4.78, 5) is 12.8. The van der Waals surface area contributed by atoms with Crippen molar-refractivity contribution in [3.8, 4) is 11.9 Å². The first kappa shape index (κ1) is 17.8. The van der Waals surface area contributed by atoms with Crippen LogP contribution in [0, 0.1) is 24.1 Å². The van der Waals surface area contributed by atoms with Crippen LogP contribution in [0.15, 0.2) is 39.3 Å². The molecule has 0 spiro atoms. The number of halogens is 1. The van der Waals surface area contributed by atoms with E-state index in [0.29, 0.717) is 6.61 Å². The topological polar surface area (TPSA) is 100.0 Å². The Morgan fingerprint density at radius 1 is 1.42 bits per heavy atom. The summed E-state index contributed by atoms with van der Waals surface area (Å²) in [6.07, 6.45) is 1.41. The Bertz CT molecular complexity index is 956. The van der Waals surface area contributed by atoms with Gasteiger partial charge in [-0.1, -0.05) is 12.1 Å². The van der Waals surface area contributed by atoms with E-state index in [-0.39, 0.29) is 35.2 Å². The SMILES string of the molecule is Cc1c(C#N)c(O)n(CC2CCCO2)c(=O)c1N=Nc1ccccc1F. The number of nitrogens with zero attached hydrogens (tertiary/aromatic N) is 4. The van der Waals surface area contributed by atoms with E-state index in [1.807, 2.05) is 6.07 Å². The molecule has 7 nitrogen and oxygen atoms in total. The molecule has 134 valence electrons. The summed E-state index contributed by atoms with van der Waals surface area (Å²) in [6.45, 7) is 2.20. The van der Waals surface area contributed by atoms with Crippen LogP contribution in [0.2, 0.25) is 0 Å². The number of hydrogen-bond donors (Lipinski definition) is 1. The molecule has 1 aliphatic rings. The lowest BCUT2D eigenvalue weighted by Crippen LogP contribution is -2.27. The molecule has 1 unspecified atom stereocenters. The molecule has 8 heteroatoms. The Morgan fingerprint density at radius 3 is 2.85 bits per heavy atom. The predicted octanol–water partition coefficient (Wildman–Crippen LogP) is 3.47. The quantitative estimate of drug-likeness (QED) is 0.848. The summed E-state index contributed by atoms with van der Waals surface area (Å²) in [5, 5.41) is 27.3. The molecule has 1 aromatic heterocycles. The van der Waals surface area contributed by atoms with Gasteiger partial charge in [0.05, 0.1) is 12.6 Å². The third-order valence-electron chi connectivity index (χ3n) is 4.29. The molecule has 2 aromatic rings. The molecule has 3 rings (SSSR count). The Labute approximate surface area is 149 Å². The normalized spacial score (nSPS) is 16.9. The van der Waals surface area contributed by atoms with E-state index in [2.05, 4.69) is 10.2 Å². The molecule has 0 saturated carbocycles. The van der Waals surface area contributed by atoms with Gasteiger partial charge in [0.25, 0.3) is 5.56 Å². The first-order valence-electron chi connectivity index (χ1n) is 8.17. The average molecular weight is 356 g/mol. The zero-order valence-corrected chi connectivity index (χ0v) is 14.1. The van der Waals surface area contributed by atoms with Gasteiger partial charge in [0.1, 0.15) is 17.3 Å². The number of ether oxygens (including phenoxy) is 1. The van der Waals surface area contributed by atoms with E-state index >= 15 is 0 Å². The molecule has 1 N–H and O–H groups in total. The van der Waals surface area contributed by atoms with Crippen molar-refractivity contribution in [2.75, 3.05) is 6.61 Å². The molecule has 1 atom stereocenters. The fraction of sp³-hybridized carbons (Fsp3) is 0.333. The van der Waals surface area contributed by atoms with Gasteiger partial charge in [-0.2, -0.15) is 5.26 Å². The number of hydrogen-bond acceptors (Lipinski definition) is 6. The van der Waals surface area contributed by atoms with Crippen LogP contribution in [-0.2, 0) is 11.3 Å². The molecule has 1 aromatic carbocycles. The number of nitriles is 1. The van der Waals surface area contributed by atoms with E-state index in [9.17, 15) is 19.6 Å². The number of pyridine rings is 1. The van der Waals surface area contributed by atoms with E-state index in [1.54, 1.807) is 6.07 Å². The van der Waals surface area contributed by atoms with E-state index in [0.717, 1.165) is 17.4 Å². The minimum Gasteiger partial charge on any atom is -0.493 e. The molecule has 0 radical (unpaired) electrons. The van der Waals surface area contributed by atoms with Gasteiger partial charge in [0.2, 0.25) is 5.88 Å². The predicted molar refractivity (Wildman–Crippen MR) is 91.4 cm³/mol. The molecule has 0 bridgehead atoms. The van der Waals surface area contributed by atoms with Gasteiger partial charge in [-0.15, -0.1) is 10.2 Å². The van der Waals surface area contributed by atoms with Crippen molar-refractivity contribution in [2.45, 2.75) is 32.4 Å². The molecule has 0 aliphatic carbocycles. The van der Waals surface area contributed by atoms with Gasteiger partial charge < -0.3 is 9.84 Å². The van der Waals surface area contributed by atoms with Crippen molar-refractivity contribution in [1.82, 2.24) is 4.57 Å². The summed E-state index contributed by atoms with van der Waals surface area (Å²) in [5.41, 5.74) is -0.609. The zero-order valence-electron chi connectivity index (χ0n) is 14.1. The van der Waals surface area contributed by atoms with Crippen LogP contribution in [-0.4, -0.2) is 22.4 Å². The van der Waals surface area contributed by atoms with E-state index in [4.69, 9.17) is 4.74 Å². The fourth-order valence-corrected chi connectivity index (χ4v) is 2.86. The number of rotatable bonds is 4. The summed E-state index contributed by atoms with van der Waals surface area (Å²) in [7, 11) is 0. The van der Waals surface area contributed by atoms with Gasteiger partial charge in [0.15, 0.2) is 11.5 Å². The van der Waals surface area contributed by atoms with Crippen LogP contribution in [0.5, 0.6) is 5.88 Å². The summed E-state index contributed by atoms with van der Waals surface area (Å²) >= 11 is 0. The Morgan fingerprint density at radius 2 is 2.19 bits per heavy atom. The van der Waals surface area contributed by atoms with Crippen LogP contribution >= 0.6 is 0 Å². The van der Waals surface area contributed by atoms with E-state index < -0.39 is 17.3 Å². The number of aromatic nitrogens is 1. The highest BCUT2D eigenvalue weighted by Gasteiger charge is 2.23. The monoisotopic (exact) mass is 356 g/mol. The number of benzene rings is 1.